The number of nitrogens with zero attached hydrogens (tertiary/aromatic N) is 1. The third-order valence-corrected chi connectivity index (χ3v) is 2.59. The molecule has 0 amide bonds. The Kier molecular flexibility index (Phi) is 6.67. The van der Waals surface area contributed by atoms with E-state index < -0.39 is 0 Å². The molecule has 3 nitrogen and oxygen atoms in total. The van der Waals surface area contributed by atoms with Crippen LogP contribution in [0.5, 0.6) is 5.75 Å². The highest BCUT2D eigenvalue weighted by molar-refractivity contribution is 5.27. The van der Waals surface area contributed by atoms with Gasteiger partial charge in [0.1, 0.15) is 5.75 Å². The molecule has 0 heterocycles. The fourth-order valence-electron chi connectivity index (χ4n) is 1.66. The van der Waals surface area contributed by atoms with Crippen LogP contribution in [0.4, 0.5) is 0 Å². The molecule has 1 aromatic rings. The number of benzene rings is 1. The lowest BCUT2D eigenvalue weighted by Gasteiger charge is -2.16. The second-order valence-corrected chi connectivity index (χ2v) is 4.37. The lowest BCUT2D eigenvalue weighted by atomic mass is 10.2. The van der Waals surface area contributed by atoms with Gasteiger partial charge in [-0.3, -0.25) is 0 Å². The summed E-state index contributed by atoms with van der Waals surface area (Å²) in [5, 5.41) is 0. The van der Waals surface area contributed by atoms with Gasteiger partial charge in [0.2, 0.25) is 0 Å². The van der Waals surface area contributed by atoms with Crippen LogP contribution in [0.15, 0.2) is 24.3 Å². The van der Waals surface area contributed by atoms with E-state index in [4.69, 9.17) is 10.5 Å². The zero-order valence-corrected chi connectivity index (χ0v) is 11.0. The van der Waals surface area contributed by atoms with Gasteiger partial charge in [-0.15, -0.1) is 0 Å². The molecular weight excluding hydrogens is 212 g/mol. The van der Waals surface area contributed by atoms with E-state index in [0.29, 0.717) is 0 Å². The predicted molar refractivity (Wildman–Crippen MR) is 72.2 cm³/mol. The van der Waals surface area contributed by atoms with Gasteiger partial charge in [-0.2, -0.15) is 0 Å². The molecule has 1 aromatic carbocycles. The van der Waals surface area contributed by atoms with Gasteiger partial charge in [0.15, 0.2) is 0 Å². The monoisotopic (exact) mass is 236 g/mol. The van der Waals surface area contributed by atoms with Crippen LogP contribution < -0.4 is 10.5 Å². The Balaban J connectivity index is 2.39. The molecule has 2 N–H and O–H groups in total. The van der Waals surface area contributed by atoms with Crippen LogP contribution in [0.1, 0.15) is 25.3 Å². The molecule has 0 fully saturated rings. The molecular formula is C14H24N2O. The van der Waals surface area contributed by atoms with Crippen LogP contribution in [0.3, 0.4) is 0 Å². The van der Waals surface area contributed by atoms with Crippen molar-refractivity contribution in [2.24, 2.45) is 5.73 Å². The number of rotatable bonds is 8. The average molecular weight is 236 g/mol. The third kappa shape index (κ3) is 5.71. The van der Waals surface area contributed by atoms with E-state index in [1.807, 2.05) is 12.1 Å². The van der Waals surface area contributed by atoms with E-state index in [1.165, 1.54) is 5.56 Å². The van der Waals surface area contributed by atoms with E-state index in [2.05, 4.69) is 31.0 Å². The molecule has 3 heteroatoms. The first-order valence-corrected chi connectivity index (χ1v) is 6.36. The fraction of sp³-hybridized carbons (Fsp3) is 0.571. The molecule has 0 radical (unpaired) electrons. The zero-order chi connectivity index (χ0) is 12.5. The average Bonchev–Trinajstić information content (AvgIpc) is 2.35. The van der Waals surface area contributed by atoms with Crippen LogP contribution in [0.25, 0.3) is 0 Å². The first-order valence-electron chi connectivity index (χ1n) is 6.36. The molecule has 0 bridgehead atoms. The second kappa shape index (κ2) is 8.09. The molecule has 0 aliphatic carbocycles. The lowest BCUT2D eigenvalue weighted by Crippen LogP contribution is -2.21. The van der Waals surface area contributed by atoms with Gasteiger partial charge in [0.25, 0.3) is 0 Å². The maximum absolute atomic E-state index is 5.55. The molecule has 0 aliphatic heterocycles. The Morgan fingerprint density at radius 2 is 1.94 bits per heavy atom. The molecule has 0 saturated carbocycles. The maximum atomic E-state index is 5.55. The maximum Gasteiger partial charge on any atom is 0.119 e. The summed E-state index contributed by atoms with van der Waals surface area (Å²) in [7, 11) is 2.12. The molecule has 0 spiro atoms. The van der Waals surface area contributed by atoms with E-state index >= 15 is 0 Å². The summed E-state index contributed by atoms with van der Waals surface area (Å²) in [5.41, 5.74) is 6.81. The van der Waals surface area contributed by atoms with Crippen molar-refractivity contribution in [3.8, 4) is 5.75 Å². The van der Waals surface area contributed by atoms with Crippen LogP contribution in [-0.4, -0.2) is 31.6 Å². The largest absolute Gasteiger partial charge is 0.494 e. The molecule has 0 atom stereocenters. The summed E-state index contributed by atoms with van der Waals surface area (Å²) >= 11 is 0. The Labute approximate surface area is 105 Å². The highest BCUT2D eigenvalue weighted by atomic mass is 16.5. The Bertz CT molecular complexity index is 298. The van der Waals surface area contributed by atoms with Gasteiger partial charge in [-0.05, 0) is 50.7 Å². The number of nitrogens with two attached hydrogens (primary N) is 1. The molecule has 0 aliphatic rings. The van der Waals surface area contributed by atoms with Crippen molar-refractivity contribution < 1.29 is 4.74 Å². The zero-order valence-electron chi connectivity index (χ0n) is 11.0. The molecule has 96 valence electrons. The van der Waals surface area contributed by atoms with Gasteiger partial charge in [-0.25, -0.2) is 0 Å². The van der Waals surface area contributed by atoms with E-state index in [9.17, 15) is 0 Å². The van der Waals surface area contributed by atoms with Crippen molar-refractivity contribution in [1.82, 2.24) is 4.90 Å². The standard InChI is InChI=1S/C14H24N2O/c1-3-11-17-14-7-5-13(6-8-14)12-16(2)10-4-9-15/h5-8H,3-4,9-12,15H2,1-2H3. The van der Waals surface area contributed by atoms with E-state index in [-0.39, 0.29) is 0 Å². The van der Waals surface area contributed by atoms with Gasteiger partial charge < -0.3 is 15.4 Å². The minimum absolute atomic E-state index is 0.758. The van der Waals surface area contributed by atoms with E-state index in [0.717, 1.165) is 44.8 Å². The van der Waals surface area contributed by atoms with Crippen LogP contribution >= 0.6 is 0 Å². The fourth-order valence-corrected chi connectivity index (χ4v) is 1.66. The summed E-state index contributed by atoms with van der Waals surface area (Å²) in [5.74, 6) is 0.959. The summed E-state index contributed by atoms with van der Waals surface area (Å²) in [4.78, 5) is 2.29. The van der Waals surface area contributed by atoms with Crippen molar-refractivity contribution in [3.05, 3.63) is 29.8 Å². The molecule has 0 aromatic heterocycles. The van der Waals surface area contributed by atoms with Crippen molar-refractivity contribution in [2.45, 2.75) is 26.3 Å². The van der Waals surface area contributed by atoms with Crippen molar-refractivity contribution in [3.63, 3.8) is 0 Å². The first kappa shape index (κ1) is 14.0. The molecule has 0 saturated heterocycles. The van der Waals surface area contributed by atoms with Crippen LogP contribution in [0.2, 0.25) is 0 Å². The lowest BCUT2D eigenvalue weighted by molar-refractivity contribution is 0.315. The molecule has 1 rings (SSSR count). The number of ether oxygens (including phenoxy) is 1. The highest BCUT2D eigenvalue weighted by Crippen LogP contribution is 2.13. The minimum Gasteiger partial charge on any atom is -0.494 e. The SMILES string of the molecule is CCCOc1ccc(CN(C)CCCN)cc1. The number of hydrogen-bond acceptors (Lipinski definition) is 3. The smallest absolute Gasteiger partial charge is 0.119 e. The Morgan fingerprint density at radius 1 is 1.24 bits per heavy atom. The quantitative estimate of drug-likeness (QED) is 0.752. The Morgan fingerprint density at radius 3 is 2.53 bits per heavy atom. The summed E-state index contributed by atoms with van der Waals surface area (Å²) < 4.78 is 5.55. The second-order valence-electron chi connectivity index (χ2n) is 4.37. The molecule has 0 unspecified atom stereocenters. The predicted octanol–water partition coefficient (Wildman–Crippen LogP) is 2.26. The number of hydrogen-bond donors (Lipinski definition) is 1. The van der Waals surface area contributed by atoms with Crippen molar-refractivity contribution >= 4 is 0 Å². The molecule has 17 heavy (non-hydrogen) atoms. The van der Waals surface area contributed by atoms with Crippen molar-refractivity contribution in [1.29, 1.82) is 0 Å². The summed E-state index contributed by atoms with van der Waals surface area (Å²) in [6, 6.07) is 8.34. The first-order chi connectivity index (χ1) is 8.26. The van der Waals surface area contributed by atoms with Crippen molar-refractivity contribution in [2.75, 3.05) is 26.7 Å². The minimum atomic E-state index is 0.758. The highest BCUT2D eigenvalue weighted by Gasteiger charge is 2.00. The van der Waals surface area contributed by atoms with E-state index in [1.54, 1.807) is 0 Å². The normalized spacial score (nSPS) is 10.8. The van der Waals surface area contributed by atoms with Gasteiger partial charge >= 0.3 is 0 Å². The van der Waals surface area contributed by atoms with Crippen LogP contribution in [0, 0.1) is 0 Å². The topological polar surface area (TPSA) is 38.5 Å². The Hall–Kier alpha value is -1.06. The van der Waals surface area contributed by atoms with Gasteiger partial charge in [-0.1, -0.05) is 19.1 Å². The summed E-state index contributed by atoms with van der Waals surface area (Å²) in [6.07, 6.45) is 2.10. The van der Waals surface area contributed by atoms with Gasteiger partial charge in [0, 0.05) is 6.54 Å². The summed E-state index contributed by atoms with van der Waals surface area (Å²) in [6.45, 7) is 5.67. The van der Waals surface area contributed by atoms with Crippen LogP contribution in [-0.2, 0) is 6.54 Å². The van der Waals surface area contributed by atoms with Gasteiger partial charge in [0.05, 0.1) is 6.61 Å². The third-order valence-electron chi connectivity index (χ3n) is 2.59.